The molecule has 0 aliphatic carbocycles. The van der Waals surface area contributed by atoms with Crippen LogP contribution in [0.3, 0.4) is 0 Å². The Morgan fingerprint density at radius 1 is 1.42 bits per heavy atom. The van der Waals surface area contributed by atoms with E-state index in [4.69, 9.17) is 14.2 Å². The fourth-order valence-corrected chi connectivity index (χ4v) is 2.97. The van der Waals surface area contributed by atoms with Crippen LogP contribution in [0.25, 0.3) is 10.9 Å². The molecule has 7 nitrogen and oxygen atoms in total. The van der Waals surface area contributed by atoms with Crippen molar-refractivity contribution in [1.82, 2.24) is 10.3 Å². The summed E-state index contributed by atoms with van der Waals surface area (Å²) in [6, 6.07) is 7.35. The van der Waals surface area contributed by atoms with Crippen molar-refractivity contribution in [3.63, 3.8) is 0 Å². The quantitative estimate of drug-likeness (QED) is 0.756. The molecule has 1 amide bonds. The third-order valence-electron chi connectivity index (χ3n) is 4.39. The number of amides is 1. The first-order valence-corrected chi connectivity index (χ1v) is 7.86. The summed E-state index contributed by atoms with van der Waals surface area (Å²) in [5.41, 5.74) is 1.28. The largest absolute Gasteiger partial charge is 0.496 e. The van der Waals surface area contributed by atoms with E-state index in [0.717, 1.165) is 10.9 Å². The number of carbonyl (C=O) groups excluding carboxylic acids is 1. The molecule has 0 bridgehead atoms. The minimum Gasteiger partial charge on any atom is -0.496 e. The van der Waals surface area contributed by atoms with Crippen molar-refractivity contribution < 1.29 is 24.1 Å². The van der Waals surface area contributed by atoms with E-state index in [1.165, 1.54) is 7.11 Å². The van der Waals surface area contributed by atoms with Crippen molar-refractivity contribution in [3.8, 4) is 5.75 Å². The SMILES string of the molecule is COc1cccc2[nH]c(C(=O)NC[C@@H]3COC[C@@H](OC)[C@H]3O)cc12. The number of aromatic nitrogens is 1. The Balaban J connectivity index is 1.67. The van der Waals surface area contributed by atoms with Crippen LogP contribution in [-0.2, 0) is 9.47 Å². The van der Waals surface area contributed by atoms with Crippen LogP contribution in [0.1, 0.15) is 10.5 Å². The van der Waals surface area contributed by atoms with Gasteiger partial charge in [0.25, 0.3) is 5.91 Å². The molecule has 7 heteroatoms. The molecule has 1 aromatic carbocycles. The average molecular weight is 334 g/mol. The summed E-state index contributed by atoms with van der Waals surface area (Å²) in [6.07, 6.45) is -1.02. The predicted molar refractivity (Wildman–Crippen MR) is 88.3 cm³/mol. The van der Waals surface area contributed by atoms with Crippen LogP contribution >= 0.6 is 0 Å². The first-order chi connectivity index (χ1) is 11.6. The van der Waals surface area contributed by atoms with E-state index < -0.39 is 6.10 Å². The lowest BCUT2D eigenvalue weighted by Crippen LogP contribution is -2.49. The number of carbonyl (C=O) groups is 1. The van der Waals surface area contributed by atoms with Crippen molar-refractivity contribution in [2.45, 2.75) is 12.2 Å². The van der Waals surface area contributed by atoms with Crippen LogP contribution in [0.15, 0.2) is 24.3 Å². The van der Waals surface area contributed by atoms with E-state index in [0.29, 0.717) is 31.2 Å². The number of methoxy groups -OCH3 is 2. The number of hydrogen-bond donors (Lipinski definition) is 3. The smallest absolute Gasteiger partial charge is 0.267 e. The normalized spacial score (nSPS) is 24.0. The highest BCUT2D eigenvalue weighted by molar-refractivity contribution is 5.99. The van der Waals surface area contributed by atoms with Crippen LogP contribution in [0, 0.1) is 5.92 Å². The molecule has 130 valence electrons. The van der Waals surface area contributed by atoms with Crippen molar-refractivity contribution in [2.24, 2.45) is 5.92 Å². The number of benzene rings is 1. The van der Waals surface area contributed by atoms with Gasteiger partial charge in [-0.05, 0) is 18.2 Å². The number of fused-ring (bicyclic) bond motifs is 1. The van der Waals surface area contributed by atoms with E-state index >= 15 is 0 Å². The molecular formula is C17H22N2O5. The van der Waals surface area contributed by atoms with Crippen LogP contribution in [0.2, 0.25) is 0 Å². The van der Waals surface area contributed by atoms with Crippen molar-refractivity contribution >= 4 is 16.8 Å². The lowest BCUT2D eigenvalue weighted by Gasteiger charge is -2.33. The number of aromatic amines is 1. The molecule has 0 unspecified atom stereocenters. The van der Waals surface area contributed by atoms with Gasteiger partial charge in [-0.15, -0.1) is 0 Å². The Bertz CT molecular complexity index is 714. The second-order valence-electron chi connectivity index (χ2n) is 5.88. The maximum Gasteiger partial charge on any atom is 0.267 e. The number of nitrogens with one attached hydrogen (secondary N) is 2. The summed E-state index contributed by atoms with van der Waals surface area (Å²) < 4.78 is 15.9. The Kier molecular flexibility index (Phi) is 5.03. The summed E-state index contributed by atoms with van der Waals surface area (Å²) in [5.74, 6) is 0.272. The first-order valence-electron chi connectivity index (χ1n) is 7.86. The second kappa shape index (κ2) is 7.21. The number of rotatable bonds is 5. The van der Waals surface area contributed by atoms with Gasteiger partial charge in [-0.1, -0.05) is 6.07 Å². The average Bonchev–Trinajstić information content (AvgIpc) is 3.05. The maximum atomic E-state index is 12.4. The minimum atomic E-state index is -0.660. The summed E-state index contributed by atoms with van der Waals surface area (Å²) in [4.78, 5) is 15.5. The molecule has 0 radical (unpaired) electrons. The van der Waals surface area contributed by atoms with E-state index in [-0.39, 0.29) is 17.9 Å². The van der Waals surface area contributed by atoms with E-state index in [9.17, 15) is 9.90 Å². The van der Waals surface area contributed by atoms with E-state index in [2.05, 4.69) is 10.3 Å². The van der Waals surface area contributed by atoms with Gasteiger partial charge in [0.15, 0.2) is 0 Å². The third kappa shape index (κ3) is 3.24. The molecule has 3 rings (SSSR count). The number of aliphatic hydroxyl groups is 1. The number of aliphatic hydroxyl groups excluding tert-OH is 1. The topological polar surface area (TPSA) is 92.8 Å². The Morgan fingerprint density at radius 2 is 2.25 bits per heavy atom. The van der Waals surface area contributed by atoms with Gasteiger partial charge in [-0.25, -0.2) is 0 Å². The zero-order valence-corrected chi connectivity index (χ0v) is 13.7. The van der Waals surface area contributed by atoms with Crippen LogP contribution in [0.4, 0.5) is 0 Å². The molecule has 1 saturated heterocycles. The summed E-state index contributed by atoms with van der Waals surface area (Å²) in [5, 5.41) is 13.9. The van der Waals surface area contributed by atoms with Crippen LogP contribution in [0.5, 0.6) is 5.75 Å². The first kappa shape index (κ1) is 16.8. The lowest BCUT2D eigenvalue weighted by molar-refractivity contribution is -0.132. The van der Waals surface area contributed by atoms with Gasteiger partial charge in [0.1, 0.15) is 17.5 Å². The zero-order valence-electron chi connectivity index (χ0n) is 13.7. The van der Waals surface area contributed by atoms with Gasteiger partial charge in [0.05, 0.1) is 26.4 Å². The second-order valence-corrected chi connectivity index (χ2v) is 5.88. The van der Waals surface area contributed by atoms with Gasteiger partial charge in [-0.3, -0.25) is 4.79 Å². The van der Waals surface area contributed by atoms with Crippen molar-refractivity contribution in [1.29, 1.82) is 0 Å². The molecule has 24 heavy (non-hydrogen) atoms. The number of H-pyrrole nitrogens is 1. The molecule has 1 aliphatic rings. The van der Waals surface area contributed by atoms with Gasteiger partial charge < -0.3 is 29.6 Å². The molecule has 3 N–H and O–H groups in total. The molecule has 3 atom stereocenters. The summed E-state index contributed by atoms with van der Waals surface area (Å²) >= 11 is 0. The maximum absolute atomic E-state index is 12.4. The highest BCUT2D eigenvalue weighted by atomic mass is 16.5. The molecular weight excluding hydrogens is 312 g/mol. The molecule has 1 aliphatic heterocycles. The fraction of sp³-hybridized carbons (Fsp3) is 0.471. The van der Waals surface area contributed by atoms with Crippen molar-refractivity contribution in [3.05, 3.63) is 30.0 Å². The van der Waals surface area contributed by atoms with Crippen LogP contribution in [-0.4, -0.2) is 62.2 Å². The van der Waals surface area contributed by atoms with E-state index in [1.54, 1.807) is 13.2 Å². The molecule has 1 fully saturated rings. The molecule has 0 spiro atoms. The zero-order chi connectivity index (χ0) is 17.1. The molecule has 2 aromatic rings. The highest BCUT2D eigenvalue weighted by Gasteiger charge is 2.32. The van der Waals surface area contributed by atoms with Gasteiger partial charge in [-0.2, -0.15) is 0 Å². The summed E-state index contributed by atoms with van der Waals surface area (Å²) in [7, 11) is 3.13. The van der Waals surface area contributed by atoms with Gasteiger partial charge in [0.2, 0.25) is 0 Å². The molecule has 0 saturated carbocycles. The number of hydrogen-bond acceptors (Lipinski definition) is 5. The third-order valence-corrected chi connectivity index (χ3v) is 4.39. The van der Waals surface area contributed by atoms with Crippen molar-refractivity contribution in [2.75, 3.05) is 34.0 Å². The molecule has 2 heterocycles. The van der Waals surface area contributed by atoms with Gasteiger partial charge >= 0.3 is 0 Å². The lowest BCUT2D eigenvalue weighted by atomic mass is 9.96. The minimum absolute atomic E-state index is 0.202. The van der Waals surface area contributed by atoms with E-state index in [1.807, 2.05) is 18.2 Å². The molecule has 1 aromatic heterocycles. The standard InChI is InChI=1S/C17H22N2O5/c1-22-14-5-3-4-12-11(14)6-13(19-12)17(21)18-7-10-8-24-9-15(23-2)16(10)20/h3-6,10,15-16,19-20H,7-9H2,1-2H3,(H,18,21)/t10-,15-,16+/m1/s1. The Morgan fingerprint density at radius 3 is 3.00 bits per heavy atom. The summed E-state index contributed by atoms with van der Waals surface area (Å²) in [6.45, 7) is 1.07. The monoisotopic (exact) mass is 334 g/mol. The fourth-order valence-electron chi connectivity index (χ4n) is 2.97. The Labute approximate surface area is 139 Å². The predicted octanol–water partition coefficient (Wildman–Crippen LogP) is 0.929. The van der Waals surface area contributed by atoms with Crippen LogP contribution < -0.4 is 10.1 Å². The number of ether oxygens (including phenoxy) is 3. The Hall–Kier alpha value is -2.09. The highest BCUT2D eigenvalue weighted by Crippen LogP contribution is 2.26. The van der Waals surface area contributed by atoms with Gasteiger partial charge in [0, 0.05) is 30.5 Å².